The molecule has 0 unspecified atom stereocenters. The average molecular weight is 736 g/mol. The molecule has 0 bridgehead atoms. The summed E-state index contributed by atoms with van der Waals surface area (Å²) in [6.45, 7) is 3.83. The smallest absolute Gasteiger partial charge is 0.790 e. The van der Waals surface area contributed by atoms with Gasteiger partial charge in [-0.1, -0.05) is 83.5 Å². The zero-order chi connectivity index (χ0) is 35.4. The number of unbranched alkanes of at least 4 members (excludes halogenated alkanes) is 11. The standard InChI is InChI=1S/C34H39O8P.C2H5NO.2Na.13H2/c1-3-5-7-9-11-13-15-17-19-20-22-24-26-28-33(35)40-30-32(31-41-43(37,38)39)42-34(36)29-27-25-23-21-18-16-14-12-10-8-6-4-2;1-2(3)4;;;;;;;;;;;;;;;/h32H,4,6,8,10,12,14,16,18,21,23,25,27,29-31H2,1-2H3,(H2,37,38,39);1H3,(H2,3,4);;;13*1H/q;;2*+1;;;;;;;;;;;;;/p-2/t32-;;;;;;;;;;;;;;;;/m1................/s1. The molecule has 0 heterocycles. The molecule has 49 heavy (non-hydrogen) atoms. The summed E-state index contributed by atoms with van der Waals surface area (Å²) in [7, 11) is -5.32. The van der Waals surface area contributed by atoms with E-state index in [4.69, 9.17) is 9.47 Å². The van der Waals surface area contributed by atoms with Gasteiger partial charge in [-0.15, -0.1) is 0 Å². The minimum Gasteiger partial charge on any atom is -0.790 e. The molecule has 10 nitrogen and oxygen atoms in total. The van der Waals surface area contributed by atoms with E-state index in [1.807, 2.05) is 0 Å². The number of hydrogen-bond donors (Lipinski definition) is 1. The van der Waals surface area contributed by atoms with Crippen LogP contribution in [-0.4, -0.2) is 37.2 Å². The van der Waals surface area contributed by atoms with Gasteiger partial charge in [-0.25, -0.2) is 4.79 Å². The SMILES string of the molecule is CC#CC#CC#CC#CC#CC#CC#CC(=O)OC[C@H](COP(=O)([O-])[O-])OC(=O)CCCCCCCCCCCCCC.CC(N)=O.[HH].[HH].[HH].[HH].[HH].[HH].[HH].[HH].[HH].[HH].[HH].[HH].[HH].[Na+].[Na+]. The molecular formula is C36H68NNa2O9P. The van der Waals surface area contributed by atoms with Crippen LogP contribution in [0.2, 0.25) is 0 Å². The number of amides is 1. The average Bonchev–Trinajstić information content (AvgIpc) is 3.00. The molecule has 0 saturated heterocycles. The number of phosphoric acid groups is 1. The van der Waals surface area contributed by atoms with E-state index in [0.717, 1.165) is 19.3 Å². The fourth-order valence-electron chi connectivity index (χ4n) is 3.31. The van der Waals surface area contributed by atoms with Gasteiger partial charge in [0.05, 0.1) is 14.4 Å². The fraction of sp³-hybridized carbons (Fsp3) is 0.528. The number of primary amides is 1. The molecule has 0 aromatic rings. The van der Waals surface area contributed by atoms with Crippen molar-refractivity contribution in [3.63, 3.8) is 0 Å². The largest absolute Gasteiger partial charge is 1.00 e. The van der Waals surface area contributed by atoms with Gasteiger partial charge in [0.15, 0.2) is 6.10 Å². The van der Waals surface area contributed by atoms with Gasteiger partial charge >= 0.3 is 71.1 Å². The summed E-state index contributed by atoms with van der Waals surface area (Å²) in [4.78, 5) is 54.9. The van der Waals surface area contributed by atoms with Gasteiger partial charge in [-0.05, 0) is 84.4 Å². The van der Waals surface area contributed by atoms with E-state index in [1.165, 1.54) is 58.3 Å². The first-order valence-corrected chi connectivity index (χ1v) is 16.7. The molecule has 1 amide bonds. The van der Waals surface area contributed by atoms with Crippen LogP contribution >= 0.6 is 7.82 Å². The molecule has 0 rings (SSSR count). The van der Waals surface area contributed by atoms with Crippen LogP contribution in [0.5, 0.6) is 0 Å². The summed E-state index contributed by atoms with van der Waals surface area (Å²) < 4.78 is 25.0. The first-order valence-electron chi connectivity index (χ1n) is 15.2. The predicted molar refractivity (Wildman–Crippen MR) is 203 cm³/mol. The van der Waals surface area contributed by atoms with E-state index in [-0.39, 0.29) is 90.0 Å². The van der Waals surface area contributed by atoms with E-state index < -0.39 is 39.1 Å². The number of carbonyl (C=O) groups excluding carboxylic acids is 3. The second kappa shape index (κ2) is 39.9. The maximum atomic E-state index is 12.2. The maximum Gasteiger partial charge on any atom is 1.00 e. The normalized spacial score (nSPS) is 9.08. The molecule has 0 aromatic carbocycles. The van der Waals surface area contributed by atoms with Crippen molar-refractivity contribution in [2.45, 2.75) is 110 Å². The van der Waals surface area contributed by atoms with Crippen molar-refractivity contribution in [2.24, 2.45) is 5.73 Å². The Morgan fingerprint density at radius 1 is 0.694 bits per heavy atom. The van der Waals surface area contributed by atoms with Crippen LogP contribution in [-0.2, 0) is 32.9 Å². The molecule has 278 valence electrons. The van der Waals surface area contributed by atoms with Crippen LogP contribution in [0.3, 0.4) is 0 Å². The van der Waals surface area contributed by atoms with Gasteiger partial charge in [0.2, 0.25) is 5.91 Å². The van der Waals surface area contributed by atoms with E-state index in [1.54, 1.807) is 6.92 Å². The van der Waals surface area contributed by atoms with E-state index in [9.17, 15) is 28.7 Å². The number of rotatable bonds is 19. The summed E-state index contributed by atoms with van der Waals surface area (Å²) in [6.07, 6.45) is 12.5. The Labute approximate surface area is 356 Å². The van der Waals surface area contributed by atoms with Gasteiger partial charge < -0.3 is 34.1 Å². The van der Waals surface area contributed by atoms with Gasteiger partial charge in [-0.3, -0.25) is 9.59 Å². The van der Waals surface area contributed by atoms with Crippen molar-refractivity contribution in [3.05, 3.63) is 0 Å². The van der Waals surface area contributed by atoms with Crippen LogP contribution in [0, 0.1) is 82.9 Å². The van der Waals surface area contributed by atoms with Crippen molar-refractivity contribution < 1.29 is 120 Å². The van der Waals surface area contributed by atoms with Crippen molar-refractivity contribution in [2.75, 3.05) is 13.2 Å². The summed E-state index contributed by atoms with van der Waals surface area (Å²) in [5.41, 5.74) is 4.47. The number of phosphoric ester groups is 1. The summed E-state index contributed by atoms with van der Waals surface area (Å²) in [5, 5.41) is 0. The first kappa shape index (κ1) is 53.2. The molecule has 2 N–H and O–H groups in total. The Kier molecular flexibility index (Phi) is 43.3. The minimum atomic E-state index is -5.32. The van der Waals surface area contributed by atoms with Crippen LogP contribution in [0.25, 0.3) is 0 Å². The van der Waals surface area contributed by atoms with E-state index in [0.29, 0.717) is 6.42 Å². The number of esters is 2. The van der Waals surface area contributed by atoms with Crippen molar-refractivity contribution in [1.82, 2.24) is 0 Å². The van der Waals surface area contributed by atoms with Crippen LogP contribution < -0.4 is 74.6 Å². The Bertz CT molecular complexity index is 1500. The molecule has 0 radical (unpaired) electrons. The van der Waals surface area contributed by atoms with E-state index >= 15 is 0 Å². The molecule has 0 saturated carbocycles. The quantitative estimate of drug-likeness (QED) is 0.0484. The summed E-state index contributed by atoms with van der Waals surface area (Å²) in [6, 6.07) is 0. The second-order valence-corrected chi connectivity index (χ2v) is 10.7. The van der Waals surface area contributed by atoms with Gasteiger partial charge in [-0.2, -0.15) is 0 Å². The predicted octanol–water partition coefficient (Wildman–Crippen LogP) is 0.119. The maximum absolute atomic E-state index is 12.2. The fourth-order valence-corrected chi connectivity index (χ4v) is 3.66. The zero-order valence-electron chi connectivity index (χ0n) is 29.4. The van der Waals surface area contributed by atoms with E-state index in [2.05, 4.69) is 100 Å². The monoisotopic (exact) mass is 735 g/mol. The molecule has 0 fully saturated rings. The molecular weight excluding hydrogens is 667 g/mol. The first-order chi connectivity index (χ1) is 22.5. The number of carbonyl (C=O) groups is 3. The molecule has 0 spiro atoms. The molecule has 0 aliphatic heterocycles. The summed E-state index contributed by atoms with van der Waals surface area (Å²) in [5.74, 6) is 31.7. The number of nitrogens with two attached hydrogens (primary N) is 1. The van der Waals surface area contributed by atoms with Crippen molar-refractivity contribution >= 4 is 25.7 Å². The van der Waals surface area contributed by atoms with Crippen LogP contribution in [0.1, 0.15) is 123 Å². The Balaban J connectivity index is -0.0000000679. The summed E-state index contributed by atoms with van der Waals surface area (Å²) >= 11 is 0. The van der Waals surface area contributed by atoms with Crippen LogP contribution in [0.4, 0.5) is 0 Å². The Hall–Kier alpha value is -2.56. The molecule has 0 aromatic heterocycles. The third-order valence-corrected chi connectivity index (χ3v) is 5.79. The van der Waals surface area contributed by atoms with Crippen LogP contribution in [0.15, 0.2) is 0 Å². The van der Waals surface area contributed by atoms with Crippen molar-refractivity contribution in [1.29, 1.82) is 0 Å². The minimum absolute atomic E-state index is 0. The topological polar surface area (TPSA) is 168 Å². The Morgan fingerprint density at radius 3 is 1.49 bits per heavy atom. The second-order valence-electron chi connectivity index (χ2n) is 9.58. The third kappa shape index (κ3) is 49.9. The van der Waals surface area contributed by atoms with Gasteiger partial charge in [0.25, 0.3) is 0 Å². The molecule has 0 aliphatic rings. The molecule has 13 heteroatoms. The molecule has 1 atom stereocenters. The third-order valence-electron chi connectivity index (χ3n) is 5.33. The number of ether oxygens (including phenoxy) is 2. The Morgan fingerprint density at radius 2 is 1.08 bits per heavy atom. The number of hydrogen-bond acceptors (Lipinski definition) is 9. The molecule has 0 aliphatic carbocycles. The van der Waals surface area contributed by atoms with Gasteiger partial charge in [0.1, 0.15) is 6.61 Å². The zero-order valence-corrected chi connectivity index (χ0v) is 34.3. The van der Waals surface area contributed by atoms with Crippen molar-refractivity contribution in [3.8, 4) is 82.9 Å². The van der Waals surface area contributed by atoms with Gasteiger partial charge in [0, 0.05) is 37.8 Å².